The Balaban J connectivity index is 1.50. The second kappa shape index (κ2) is 7.72. The largest absolute Gasteiger partial charge is 0.482 e. The van der Waals surface area contributed by atoms with Gasteiger partial charge in [0.2, 0.25) is 0 Å². The number of hydrogen-bond acceptors (Lipinski definition) is 5. The van der Waals surface area contributed by atoms with Crippen molar-refractivity contribution in [2.75, 3.05) is 11.5 Å². The lowest BCUT2D eigenvalue weighted by molar-refractivity contribution is -0.121. The molecule has 1 aliphatic rings. The molecule has 2 aromatic carbocycles. The third kappa shape index (κ3) is 3.46. The first-order chi connectivity index (χ1) is 14.7. The van der Waals surface area contributed by atoms with Crippen LogP contribution in [0.3, 0.4) is 0 Å². The van der Waals surface area contributed by atoms with E-state index in [9.17, 15) is 4.79 Å². The zero-order chi connectivity index (χ0) is 20.5. The van der Waals surface area contributed by atoms with Crippen molar-refractivity contribution in [1.29, 1.82) is 0 Å². The van der Waals surface area contributed by atoms with Crippen LogP contribution in [0.5, 0.6) is 5.75 Å². The molecule has 3 heterocycles. The number of amides is 1. The second-order valence-corrected chi connectivity index (χ2v) is 7.99. The van der Waals surface area contributed by atoms with Gasteiger partial charge in [-0.15, -0.1) is 11.3 Å². The van der Waals surface area contributed by atoms with Crippen LogP contribution in [-0.4, -0.2) is 22.5 Å². The molecule has 148 valence electrons. The normalized spacial score (nSPS) is 13.1. The minimum atomic E-state index is -0.0460. The van der Waals surface area contributed by atoms with Crippen molar-refractivity contribution in [2.45, 2.75) is 13.5 Å². The molecule has 0 saturated heterocycles. The van der Waals surface area contributed by atoms with Gasteiger partial charge in [0.15, 0.2) is 6.61 Å². The summed E-state index contributed by atoms with van der Waals surface area (Å²) in [5.41, 5.74) is 5.72. The first-order valence-electron chi connectivity index (χ1n) is 9.68. The number of ether oxygens (including phenoxy) is 1. The minimum absolute atomic E-state index is 0.0460. The number of pyridine rings is 1. The second-order valence-electron chi connectivity index (χ2n) is 7.13. The molecule has 4 aromatic rings. The van der Waals surface area contributed by atoms with Gasteiger partial charge in [0.1, 0.15) is 10.8 Å². The fourth-order valence-corrected chi connectivity index (χ4v) is 4.31. The van der Waals surface area contributed by atoms with E-state index in [4.69, 9.17) is 9.72 Å². The van der Waals surface area contributed by atoms with E-state index in [0.29, 0.717) is 12.3 Å². The predicted molar refractivity (Wildman–Crippen MR) is 119 cm³/mol. The molecule has 0 fully saturated rings. The third-order valence-corrected chi connectivity index (χ3v) is 6.04. The number of aryl methyl sites for hydroxylation is 1. The van der Waals surface area contributed by atoms with Gasteiger partial charge in [-0.2, -0.15) is 0 Å². The van der Waals surface area contributed by atoms with Gasteiger partial charge in [-0.1, -0.05) is 30.3 Å². The highest BCUT2D eigenvalue weighted by Crippen LogP contribution is 2.38. The molecule has 0 atom stereocenters. The predicted octanol–water partition coefficient (Wildman–Crippen LogP) is 5.11. The number of fused-ring (bicyclic) bond motifs is 1. The lowest BCUT2D eigenvalue weighted by atomic mass is 10.1. The molecule has 1 amide bonds. The lowest BCUT2D eigenvalue weighted by Crippen LogP contribution is -2.38. The van der Waals surface area contributed by atoms with E-state index in [1.54, 1.807) is 22.4 Å². The number of benzene rings is 2. The Bertz CT molecular complexity index is 1220. The van der Waals surface area contributed by atoms with Crippen molar-refractivity contribution in [3.05, 3.63) is 83.4 Å². The first-order valence-corrected chi connectivity index (χ1v) is 10.6. The van der Waals surface area contributed by atoms with E-state index in [2.05, 4.69) is 24.0 Å². The number of anilines is 1. The summed E-state index contributed by atoms with van der Waals surface area (Å²) in [7, 11) is 0. The van der Waals surface area contributed by atoms with E-state index in [-0.39, 0.29) is 12.5 Å². The smallest absolute Gasteiger partial charge is 0.265 e. The molecule has 1 aliphatic heterocycles. The van der Waals surface area contributed by atoms with Gasteiger partial charge in [-0.05, 0) is 48.4 Å². The Kier molecular flexibility index (Phi) is 4.77. The number of thiazole rings is 1. The summed E-state index contributed by atoms with van der Waals surface area (Å²) in [6.45, 7) is 2.63. The van der Waals surface area contributed by atoms with Gasteiger partial charge >= 0.3 is 0 Å². The van der Waals surface area contributed by atoms with Crippen LogP contribution < -0.4 is 9.64 Å². The molecule has 0 N–H and O–H groups in total. The molecular weight excluding hydrogens is 394 g/mol. The molecule has 0 unspecified atom stereocenters. The summed E-state index contributed by atoms with van der Waals surface area (Å²) in [6, 6.07) is 19.8. The fraction of sp³-hybridized carbons (Fsp3) is 0.125. The summed E-state index contributed by atoms with van der Waals surface area (Å²) in [5.74, 6) is 0.669. The molecule has 5 nitrogen and oxygen atoms in total. The van der Waals surface area contributed by atoms with Crippen molar-refractivity contribution in [3.63, 3.8) is 0 Å². The molecule has 0 saturated carbocycles. The number of aromatic nitrogens is 2. The maximum atomic E-state index is 12.7. The average Bonchev–Trinajstić information content (AvgIpc) is 3.28. The van der Waals surface area contributed by atoms with E-state index in [0.717, 1.165) is 38.8 Å². The van der Waals surface area contributed by atoms with Gasteiger partial charge in [0, 0.05) is 17.1 Å². The van der Waals surface area contributed by atoms with Crippen LogP contribution in [0, 0.1) is 6.92 Å². The summed E-state index contributed by atoms with van der Waals surface area (Å²) in [6.07, 6.45) is 1.77. The number of hydrogen-bond donors (Lipinski definition) is 0. The standard InChI is InChI=1S/C24H19N3O2S/c1-16-6-2-3-7-18(16)13-27-21-12-17(9-10-22(21)29-14-23(27)28)20-15-30-24(26-20)19-8-4-5-11-25-19/h2-12,15H,13-14H2,1H3. The van der Waals surface area contributed by atoms with Gasteiger partial charge in [-0.3, -0.25) is 9.78 Å². The van der Waals surface area contributed by atoms with Gasteiger partial charge in [0.25, 0.3) is 5.91 Å². The molecule has 0 bridgehead atoms. The van der Waals surface area contributed by atoms with Gasteiger partial charge < -0.3 is 9.64 Å². The van der Waals surface area contributed by atoms with E-state index in [1.807, 2.05) is 53.9 Å². The highest BCUT2D eigenvalue weighted by Gasteiger charge is 2.26. The summed E-state index contributed by atoms with van der Waals surface area (Å²) in [5, 5.41) is 2.88. The SMILES string of the molecule is Cc1ccccc1CN1C(=O)COc2ccc(-c3csc(-c4ccccn4)n3)cc21. The Hall–Kier alpha value is -3.51. The Morgan fingerprint density at radius 2 is 1.93 bits per heavy atom. The fourth-order valence-electron chi connectivity index (χ4n) is 3.51. The van der Waals surface area contributed by atoms with Crippen LogP contribution in [0.25, 0.3) is 22.0 Å². The van der Waals surface area contributed by atoms with Crippen molar-refractivity contribution < 1.29 is 9.53 Å². The quantitative estimate of drug-likeness (QED) is 0.467. The van der Waals surface area contributed by atoms with E-state index in [1.165, 1.54) is 0 Å². The highest BCUT2D eigenvalue weighted by atomic mass is 32.1. The van der Waals surface area contributed by atoms with E-state index < -0.39 is 0 Å². The number of carbonyl (C=O) groups is 1. The first kappa shape index (κ1) is 18.5. The molecule has 6 heteroatoms. The molecule has 0 aliphatic carbocycles. The van der Waals surface area contributed by atoms with Crippen LogP contribution in [-0.2, 0) is 11.3 Å². The van der Waals surface area contributed by atoms with Crippen LogP contribution >= 0.6 is 11.3 Å². The summed E-state index contributed by atoms with van der Waals surface area (Å²) in [4.78, 5) is 23.6. The average molecular weight is 414 g/mol. The third-order valence-electron chi connectivity index (χ3n) is 5.18. The van der Waals surface area contributed by atoms with Crippen molar-refractivity contribution in [1.82, 2.24) is 9.97 Å². The monoisotopic (exact) mass is 413 g/mol. The van der Waals surface area contributed by atoms with Crippen molar-refractivity contribution in [2.24, 2.45) is 0 Å². The van der Waals surface area contributed by atoms with Crippen molar-refractivity contribution >= 4 is 22.9 Å². The van der Waals surface area contributed by atoms with Crippen molar-refractivity contribution in [3.8, 4) is 27.7 Å². The summed E-state index contributed by atoms with van der Waals surface area (Å²) < 4.78 is 5.68. The molecule has 30 heavy (non-hydrogen) atoms. The zero-order valence-electron chi connectivity index (χ0n) is 16.4. The number of carbonyl (C=O) groups excluding carboxylic acids is 1. The Labute approximate surface area is 178 Å². The number of rotatable bonds is 4. The molecule has 0 spiro atoms. The van der Waals surface area contributed by atoms with Crippen LogP contribution in [0.15, 0.2) is 72.2 Å². The van der Waals surface area contributed by atoms with Crippen LogP contribution in [0.2, 0.25) is 0 Å². The lowest BCUT2D eigenvalue weighted by Gasteiger charge is -2.30. The topological polar surface area (TPSA) is 55.3 Å². The maximum Gasteiger partial charge on any atom is 0.265 e. The van der Waals surface area contributed by atoms with Gasteiger partial charge in [-0.25, -0.2) is 4.98 Å². The zero-order valence-corrected chi connectivity index (χ0v) is 17.2. The Morgan fingerprint density at radius 1 is 1.07 bits per heavy atom. The van der Waals surface area contributed by atoms with E-state index >= 15 is 0 Å². The summed E-state index contributed by atoms with van der Waals surface area (Å²) >= 11 is 1.56. The highest BCUT2D eigenvalue weighted by molar-refractivity contribution is 7.13. The van der Waals surface area contributed by atoms with Gasteiger partial charge in [0.05, 0.1) is 23.6 Å². The minimum Gasteiger partial charge on any atom is -0.482 e. The Morgan fingerprint density at radius 3 is 2.77 bits per heavy atom. The molecular formula is C24H19N3O2S. The molecule has 5 rings (SSSR count). The molecule has 2 aromatic heterocycles. The maximum absolute atomic E-state index is 12.7. The van der Waals surface area contributed by atoms with Crippen LogP contribution in [0.4, 0.5) is 5.69 Å². The molecule has 0 radical (unpaired) electrons. The van der Waals surface area contributed by atoms with Crippen LogP contribution in [0.1, 0.15) is 11.1 Å². The number of nitrogens with zero attached hydrogens (tertiary/aromatic N) is 3.